The smallest absolute Gasteiger partial charge is 0.273 e. The van der Waals surface area contributed by atoms with Gasteiger partial charge in [-0.2, -0.15) is 0 Å². The number of furan rings is 1. The number of carbonyl (C=O) groups excluding carboxylic acids is 1. The number of hydrogen-bond acceptors (Lipinski definition) is 7. The Labute approximate surface area is 166 Å². The lowest BCUT2D eigenvalue weighted by atomic mass is 9.95. The van der Waals surface area contributed by atoms with Crippen LogP contribution >= 0.6 is 11.3 Å². The molecule has 1 aromatic carbocycles. The van der Waals surface area contributed by atoms with Crippen LogP contribution in [0.4, 0.5) is 0 Å². The van der Waals surface area contributed by atoms with Crippen LogP contribution in [0.1, 0.15) is 33.5 Å². The lowest BCUT2D eigenvalue weighted by Gasteiger charge is -2.33. The molecule has 28 heavy (non-hydrogen) atoms. The van der Waals surface area contributed by atoms with Crippen LogP contribution in [0.2, 0.25) is 0 Å². The molecule has 8 heteroatoms. The third-order valence-electron chi connectivity index (χ3n) is 4.75. The van der Waals surface area contributed by atoms with Crippen LogP contribution in [-0.4, -0.2) is 41.7 Å². The van der Waals surface area contributed by atoms with Crippen molar-refractivity contribution in [3.05, 3.63) is 52.2 Å². The summed E-state index contributed by atoms with van der Waals surface area (Å²) in [6.07, 6.45) is -0.872. The number of fused-ring (bicyclic) bond motifs is 1. The van der Waals surface area contributed by atoms with E-state index >= 15 is 0 Å². The van der Waals surface area contributed by atoms with E-state index in [4.69, 9.17) is 13.9 Å². The highest BCUT2D eigenvalue weighted by Crippen LogP contribution is 2.39. The van der Waals surface area contributed by atoms with Crippen LogP contribution in [0, 0.1) is 6.92 Å². The molecule has 4 rings (SSSR count). The fraction of sp³-hybridized carbons (Fsp3) is 0.300. The molecule has 1 aliphatic heterocycles. The number of amides is 1. The molecule has 1 amide bonds. The lowest BCUT2D eigenvalue weighted by Crippen LogP contribution is -2.38. The third kappa shape index (κ3) is 3.14. The second-order valence-electron chi connectivity index (χ2n) is 6.51. The average Bonchev–Trinajstić information content (AvgIpc) is 3.35. The van der Waals surface area contributed by atoms with E-state index in [0.29, 0.717) is 40.1 Å². The summed E-state index contributed by atoms with van der Waals surface area (Å²) in [7, 11) is 3.12. The van der Waals surface area contributed by atoms with E-state index in [-0.39, 0.29) is 12.5 Å². The largest absolute Gasteiger partial charge is 0.496 e. The number of carbonyl (C=O) groups is 1. The second-order valence-corrected chi connectivity index (χ2v) is 7.37. The van der Waals surface area contributed by atoms with Crippen molar-refractivity contribution >= 4 is 17.2 Å². The van der Waals surface area contributed by atoms with Gasteiger partial charge in [0.05, 0.1) is 27.3 Å². The molecule has 3 aromatic rings. The van der Waals surface area contributed by atoms with Crippen LogP contribution < -0.4 is 9.47 Å². The predicted octanol–water partition coefficient (Wildman–Crippen LogP) is 3.42. The Morgan fingerprint density at radius 1 is 1.25 bits per heavy atom. The number of aromatic nitrogens is 1. The van der Waals surface area contributed by atoms with Gasteiger partial charge in [0.15, 0.2) is 10.8 Å². The fourth-order valence-electron chi connectivity index (χ4n) is 3.43. The molecule has 3 heterocycles. The third-order valence-corrected chi connectivity index (χ3v) is 5.61. The minimum absolute atomic E-state index is 0.155. The molecule has 0 unspecified atom stereocenters. The molecule has 1 aliphatic rings. The van der Waals surface area contributed by atoms with Gasteiger partial charge in [-0.25, -0.2) is 4.98 Å². The molecular formula is C20H20N2O5S. The van der Waals surface area contributed by atoms with Crippen molar-refractivity contribution in [2.24, 2.45) is 0 Å². The van der Waals surface area contributed by atoms with Gasteiger partial charge in [-0.05, 0) is 31.2 Å². The monoisotopic (exact) mass is 400 g/mol. The summed E-state index contributed by atoms with van der Waals surface area (Å²) in [6, 6.07) is 7.23. The number of aliphatic hydroxyl groups is 1. The molecule has 0 spiro atoms. The van der Waals surface area contributed by atoms with E-state index in [9.17, 15) is 9.90 Å². The summed E-state index contributed by atoms with van der Waals surface area (Å²) in [5.74, 6) is 2.36. The topological polar surface area (TPSA) is 85.0 Å². The van der Waals surface area contributed by atoms with E-state index < -0.39 is 6.10 Å². The quantitative estimate of drug-likeness (QED) is 0.722. The number of thiazole rings is 1. The Kier molecular flexibility index (Phi) is 4.82. The van der Waals surface area contributed by atoms with Crippen molar-refractivity contribution in [2.75, 3.05) is 20.8 Å². The maximum absolute atomic E-state index is 13.0. The minimum Gasteiger partial charge on any atom is -0.496 e. The molecule has 2 aromatic heterocycles. The Bertz CT molecular complexity index is 1030. The minimum atomic E-state index is -0.872. The lowest BCUT2D eigenvalue weighted by molar-refractivity contribution is 0.0534. The van der Waals surface area contributed by atoms with Crippen molar-refractivity contribution in [1.82, 2.24) is 9.88 Å². The fourth-order valence-corrected chi connectivity index (χ4v) is 4.18. The summed E-state index contributed by atoms with van der Waals surface area (Å²) < 4.78 is 16.4. The Hall–Kier alpha value is -2.84. The Balaban J connectivity index is 1.63. The summed E-state index contributed by atoms with van der Waals surface area (Å²) in [6.45, 7) is 2.32. The number of β-amino-alcohol motifs (C(OH)–C–C–N with tert-alkyl or cyclic N) is 1. The van der Waals surface area contributed by atoms with Gasteiger partial charge in [-0.1, -0.05) is 0 Å². The van der Waals surface area contributed by atoms with Crippen LogP contribution in [-0.2, 0) is 6.54 Å². The van der Waals surface area contributed by atoms with Crippen LogP contribution in [0.25, 0.3) is 10.8 Å². The molecule has 0 saturated carbocycles. The zero-order chi connectivity index (χ0) is 19.8. The molecule has 0 radical (unpaired) electrons. The first-order chi connectivity index (χ1) is 13.5. The first-order valence-corrected chi connectivity index (χ1v) is 9.63. The van der Waals surface area contributed by atoms with E-state index in [1.807, 2.05) is 19.1 Å². The zero-order valence-corrected chi connectivity index (χ0v) is 16.6. The van der Waals surface area contributed by atoms with Gasteiger partial charge in [0.25, 0.3) is 5.91 Å². The van der Waals surface area contributed by atoms with Gasteiger partial charge in [-0.3, -0.25) is 4.79 Å². The maximum Gasteiger partial charge on any atom is 0.273 e. The maximum atomic E-state index is 13.0. The van der Waals surface area contributed by atoms with Crippen molar-refractivity contribution < 1.29 is 23.8 Å². The van der Waals surface area contributed by atoms with Crippen LogP contribution in [0.15, 0.2) is 34.1 Å². The Morgan fingerprint density at radius 3 is 2.68 bits per heavy atom. The molecule has 0 aliphatic carbocycles. The van der Waals surface area contributed by atoms with E-state index in [1.54, 1.807) is 36.6 Å². The van der Waals surface area contributed by atoms with Crippen molar-refractivity contribution in [3.8, 4) is 22.3 Å². The van der Waals surface area contributed by atoms with Gasteiger partial charge in [-0.15, -0.1) is 11.3 Å². The first-order valence-electron chi connectivity index (χ1n) is 8.75. The van der Waals surface area contributed by atoms with Gasteiger partial charge < -0.3 is 23.9 Å². The number of aryl methyl sites for hydroxylation is 1. The number of aliphatic hydroxyl groups excluding tert-OH is 1. The van der Waals surface area contributed by atoms with E-state index in [1.165, 1.54) is 11.3 Å². The average molecular weight is 400 g/mol. The Morgan fingerprint density at radius 2 is 2.00 bits per heavy atom. The normalized spacial score (nSPS) is 16.0. The van der Waals surface area contributed by atoms with Gasteiger partial charge >= 0.3 is 0 Å². The summed E-state index contributed by atoms with van der Waals surface area (Å²) in [4.78, 5) is 19.0. The van der Waals surface area contributed by atoms with E-state index in [2.05, 4.69) is 4.98 Å². The summed E-state index contributed by atoms with van der Waals surface area (Å²) in [5.41, 5.74) is 1.73. The SMILES string of the molecule is COc1ccc(OC)c2c1CN(C(=O)c1csc(-c3ccc(C)o3)n1)C[C@H]2O. The number of nitrogens with zero attached hydrogens (tertiary/aromatic N) is 2. The molecule has 0 saturated heterocycles. The number of methoxy groups -OCH3 is 2. The molecule has 146 valence electrons. The van der Waals surface area contributed by atoms with Crippen molar-refractivity contribution in [3.63, 3.8) is 0 Å². The van der Waals surface area contributed by atoms with E-state index in [0.717, 1.165) is 11.3 Å². The highest BCUT2D eigenvalue weighted by molar-refractivity contribution is 7.13. The van der Waals surface area contributed by atoms with Crippen LogP contribution in [0.3, 0.4) is 0 Å². The molecular weight excluding hydrogens is 380 g/mol. The number of hydrogen-bond donors (Lipinski definition) is 1. The van der Waals surface area contributed by atoms with Crippen LogP contribution in [0.5, 0.6) is 11.5 Å². The zero-order valence-electron chi connectivity index (χ0n) is 15.8. The van der Waals surface area contributed by atoms with Gasteiger partial charge in [0.1, 0.15) is 29.1 Å². The van der Waals surface area contributed by atoms with Gasteiger partial charge in [0.2, 0.25) is 0 Å². The summed E-state index contributed by atoms with van der Waals surface area (Å²) in [5, 5.41) is 13.0. The number of benzene rings is 1. The van der Waals surface area contributed by atoms with Gasteiger partial charge in [0, 0.05) is 16.5 Å². The molecule has 0 fully saturated rings. The standard InChI is InChI=1S/C20H20N2O5S/c1-11-4-5-17(27-11)19-21-13(10-28-19)20(24)22-8-12-15(25-2)6-7-16(26-3)18(12)14(23)9-22/h4-7,10,14,23H,8-9H2,1-3H3/t14-/m1/s1. The molecule has 1 N–H and O–H groups in total. The first kappa shape index (κ1) is 18.5. The van der Waals surface area contributed by atoms with Crippen molar-refractivity contribution in [1.29, 1.82) is 0 Å². The molecule has 1 atom stereocenters. The van der Waals surface area contributed by atoms with Crippen molar-refractivity contribution in [2.45, 2.75) is 19.6 Å². The predicted molar refractivity (Wildman–Crippen MR) is 104 cm³/mol. The highest BCUT2D eigenvalue weighted by atomic mass is 32.1. The second kappa shape index (κ2) is 7.29. The molecule has 7 nitrogen and oxygen atoms in total. The number of rotatable bonds is 4. The highest BCUT2D eigenvalue weighted by Gasteiger charge is 2.33. The number of ether oxygens (including phenoxy) is 2. The summed E-state index contributed by atoms with van der Waals surface area (Å²) >= 11 is 1.35. The molecule has 0 bridgehead atoms.